The summed E-state index contributed by atoms with van der Waals surface area (Å²) in [6.07, 6.45) is 4.50. The molecule has 10 nitrogen and oxygen atoms in total. The smallest absolute Gasteiger partial charge is 0.219 e. The Hall–Kier alpha value is -3.73. The van der Waals surface area contributed by atoms with E-state index < -0.39 is 0 Å². The summed E-state index contributed by atoms with van der Waals surface area (Å²) in [7, 11) is 0. The number of imidazole rings is 1. The van der Waals surface area contributed by atoms with Crippen LogP contribution >= 0.6 is 11.8 Å². The van der Waals surface area contributed by atoms with Crippen LogP contribution in [0.25, 0.3) is 22.5 Å². The molecule has 2 aliphatic rings. The molecule has 3 aromatic heterocycles. The SMILES string of the molecule is CC(=O)N1CCCC(CCn2c(Sc3cc4c(cc3-c3ccc(C)o3)OCCO4)nc3c(N)ncnc32)C1. The predicted octanol–water partition coefficient (Wildman–Crippen LogP) is 4.55. The summed E-state index contributed by atoms with van der Waals surface area (Å²) in [6, 6.07) is 7.85. The number of rotatable bonds is 6. The van der Waals surface area contributed by atoms with Crippen molar-refractivity contribution in [3.63, 3.8) is 0 Å². The summed E-state index contributed by atoms with van der Waals surface area (Å²) in [5, 5.41) is 0.757. The van der Waals surface area contributed by atoms with E-state index in [4.69, 9.17) is 24.6 Å². The number of nitrogens with two attached hydrogens (primary N) is 1. The highest BCUT2D eigenvalue weighted by Gasteiger charge is 2.25. The number of carbonyl (C=O) groups excluding carboxylic acids is 1. The Labute approximate surface area is 224 Å². The second kappa shape index (κ2) is 10.2. The lowest BCUT2D eigenvalue weighted by molar-refractivity contribution is -0.130. The molecule has 5 heterocycles. The lowest BCUT2D eigenvalue weighted by atomic mass is 9.95. The number of ether oxygens (including phenoxy) is 2. The average molecular weight is 535 g/mol. The number of aromatic nitrogens is 4. The molecule has 0 saturated carbocycles. The van der Waals surface area contributed by atoms with E-state index in [2.05, 4.69) is 14.5 Å². The second-order valence-electron chi connectivity index (χ2n) is 9.74. The Morgan fingerprint density at radius 3 is 2.76 bits per heavy atom. The Bertz CT molecular complexity index is 1500. The number of nitrogen functional groups attached to an aromatic ring is 1. The molecule has 0 spiro atoms. The van der Waals surface area contributed by atoms with Crippen LogP contribution in [0.1, 0.15) is 31.9 Å². The van der Waals surface area contributed by atoms with Crippen LogP contribution in [0.5, 0.6) is 11.5 Å². The number of fused-ring (bicyclic) bond motifs is 2. The maximum atomic E-state index is 11.9. The molecule has 1 unspecified atom stereocenters. The van der Waals surface area contributed by atoms with Gasteiger partial charge in [-0.2, -0.15) is 0 Å². The molecule has 4 aromatic rings. The maximum absolute atomic E-state index is 11.9. The van der Waals surface area contributed by atoms with Crippen LogP contribution in [0.2, 0.25) is 0 Å². The van der Waals surface area contributed by atoms with E-state index in [0.717, 1.165) is 59.5 Å². The van der Waals surface area contributed by atoms with Gasteiger partial charge < -0.3 is 29.1 Å². The van der Waals surface area contributed by atoms with E-state index in [1.807, 2.05) is 36.1 Å². The van der Waals surface area contributed by atoms with Gasteiger partial charge in [0.2, 0.25) is 5.91 Å². The van der Waals surface area contributed by atoms with E-state index in [9.17, 15) is 4.79 Å². The highest BCUT2D eigenvalue weighted by Crippen LogP contribution is 2.44. The summed E-state index contributed by atoms with van der Waals surface area (Å²) in [6.45, 7) is 6.89. The third kappa shape index (κ3) is 4.78. The number of amides is 1. The molecule has 0 radical (unpaired) electrons. The van der Waals surface area contributed by atoms with E-state index in [1.54, 1.807) is 6.92 Å². The van der Waals surface area contributed by atoms with Crippen molar-refractivity contribution in [2.45, 2.75) is 49.7 Å². The van der Waals surface area contributed by atoms with E-state index >= 15 is 0 Å². The fourth-order valence-corrected chi connectivity index (χ4v) is 6.19. The van der Waals surface area contributed by atoms with Crippen LogP contribution in [0.3, 0.4) is 0 Å². The fourth-order valence-electron chi connectivity index (χ4n) is 5.14. The topological polar surface area (TPSA) is 122 Å². The minimum Gasteiger partial charge on any atom is -0.486 e. The molecule has 1 amide bonds. The predicted molar refractivity (Wildman–Crippen MR) is 143 cm³/mol. The van der Waals surface area contributed by atoms with Crippen LogP contribution in [0, 0.1) is 12.8 Å². The normalized spacial score (nSPS) is 17.2. The lowest BCUT2D eigenvalue weighted by Crippen LogP contribution is -2.38. The van der Waals surface area contributed by atoms with Gasteiger partial charge in [-0.1, -0.05) is 11.8 Å². The van der Waals surface area contributed by atoms with Gasteiger partial charge in [0.1, 0.15) is 31.1 Å². The van der Waals surface area contributed by atoms with Crippen LogP contribution in [-0.2, 0) is 11.3 Å². The second-order valence-corrected chi connectivity index (χ2v) is 10.8. The first-order chi connectivity index (χ1) is 18.5. The zero-order valence-corrected chi connectivity index (χ0v) is 22.3. The molecule has 1 fully saturated rings. The quantitative estimate of drug-likeness (QED) is 0.380. The number of benzene rings is 1. The van der Waals surface area contributed by atoms with Crippen molar-refractivity contribution >= 4 is 34.7 Å². The monoisotopic (exact) mass is 534 g/mol. The van der Waals surface area contributed by atoms with Crippen LogP contribution in [-0.4, -0.2) is 56.6 Å². The molecule has 6 rings (SSSR count). The van der Waals surface area contributed by atoms with Gasteiger partial charge in [-0.05, 0) is 56.4 Å². The third-order valence-electron chi connectivity index (χ3n) is 7.10. The number of carbonyl (C=O) groups is 1. The number of nitrogens with zero attached hydrogens (tertiary/aromatic N) is 5. The molecule has 0 bridgehead atoms. The lowest BCUT2D eigenvalue weighted by Gasteiger charge is -2.32. The van der Waals surface area contributed by atoms with Crippen molar-refractivity contribution in [3.8, 4) is 22.8 Å². The minimum atomic E-state index is 0.138. The van der Waals surface area contributed by atoms with Gasteiger partial charge in [-0.15, -0.1) is 0 Å². The Morgan fingerprint density at radius 1 is 1.18 bits per heavy atom. The minimum absolute atomic E-state index is 0.138. The maximum Gasteiger partial charge on any atom is 0.219 e. The molecule has 38 heavy (non-hydrogen) atoms. The number of hydrogen-bond donors (Lipinski definition) is 1. The number of anilines is 1. The summed E-state index contributed by atoms with van der Waals surface area (Å²) in [5.41, 5.74) is 8.38. The van der Waals surface area contributed by atoms with Crippen molar-refractivity contribution in [1.29, 1.82) is 0 Å². The summed E-state index contributed by atoms with van der Waals surface area (Å²) < 4.78 is 19.9. The Balaban J connectivity index is 1.37. The zero-order valence-electron chi connectivity index (χ0n) is 21.5. The molecule has 2 aliphatic heterocycles. The van der Waals surface area contributed by atoms with E-state index in [0.29, 0.717) is 54.2 Å². The van der Waals surface area contributed by atoms with Crippen molar-refractivity contribution in [1.82, 2.24) is 24.4 Å². The highest BCUT2D eigenvalue weighted by molar-refractivity contribution is 7.99. The number of aryl methyl sites for hydroxylation is 2. The number of furan rings is 1. The van der Waals surface area contributed by atoms with Crippen molar-refractivity contribution in [2.75, 3.05) is 32.0 Å². The van der Waals surface area contributed by atoms with E-state index in [-0.39, 0.29) is 5.91 Å². The molecule has 1 aromatic carbocycles. The van der Waals surface area contributed by atoms with Crippen LogP contribution in [0.4, 0.5) is 5.82 Å². The molecular weight excluding hydrogens is 504 g/mol. The van der Waals surface area contributed by atoms with Gasteiger partial charge in [0.25, 0.3) is 0 Å². The third-order valence-corrected chi connectivity index (χ3v) is 8.15. The Morgan fingerprint density at radius 2 is 2.00 bits per heavy atom. The van der Waals surface area contributed by atoms with Gasteiger partial charge in [0.15, 0.2) is 33.6 Å². The van der Waals surface area contributed by atoms with Gasteiger partial charge in [0.05, 0.1) is 0 Å². The molecule has 2 N–H and O–H groups in total. The first kappa shape index (κ1) is 24.6. The van der Waals surface area contributed by atoms with Crippen molar-refractivity contribution in [3.05, 3.63) is 36.4 Å². The van der Waals surface area contributed by atoms with Crippen molar-refractivity contribution < 1.29 is 18.7 Å². The first-order valence-electron chi connectivity index (χ1n) is 12.9. The summed E-state index contributed by atoms with van der Waals surface area (Å²) >= 11 is 1.51. The standard InChI is InChI=1S/C27H30N6O4S/c1-16-5-6-20(37-16)19-12-21-22(36-11-10-35-21)13-23(19)38-27-31-24-25(28)29-15-30-26(24)33(27)9-7-18-4-3-8-32(14-18)17(2)34/h5-6,12-13,15,18H,3-4,7-11,14H2,1-2H3,(H2,28,29,30). The largest absolute Gasteiger partial charge is 0.486 e. The number of likely N-dealkylation sites (tertiary alicyclic amines) is 1. The molecule has 1 saturated heterocycles. The molecule has 198 valence electrons. The summed E-state index contributed by atoms with van der Waals surface area (Å²) in [5.74, 6) is 3.86. The molecule has 11 heteroatoms. The van der Waals surface area contributed by atoms with Gasteiger partial charge >= 0.3 is 0 Å². The van der Waals surface area contributed by atoms with Crippen LogP contribution in [0.15, 0.2) is 45.1 Å². The summed E-state index contributed by atoms with van der Waals surface area (Å²) in [4.78, 5) is 28.4. The van der Waals surface area contributed by atoms with Crippen LogP contribution < -0.4 is 15.2 Å². The zero-order chi connectivity index (χ0) is 26.2. The molecular formula is C27H30N6O4S. The molecule has 0 aliphatic carbocycles. The average Bonchev–Trinajstić information content (AvgIpc) is 3.51. The fraction of sp³-hybridized carbons (Fsp3) is 0.407. The number of hydrogen-bond acceptors (Lipinski definition) is 9. The highest BCUT2D eigenvalue weighted by atomic mass is 32.2. The van der Waals surface area contributed by atoms with Gasteiger partial charge in [0, 0.05) is 37.0 Å². The van der Waals surface area contributed by atoms with E-state index in [1.165, 1.54) is 18.1 Å². The van der Waals surface area contributed by atoms with Gasteiger partial charge in [-0.3, -0.25) is 4.79 Å². The first-order valence-corrected chi connectivity index (χ1v) is 13.7. The van der Waals surface area contributed by atoms with Gasteiger partial charge in [-0.25, -0.2) is 15.0 Å². The number of piperidine rings is 1. The molecule has 1 atom stereocenters. The van der Waals surface area contributed by atoms with Crippen molar-refractivity contribution in [2.24, 2.45) is 5.92 Å². The Kier molecular flexibility index (Phi) is 6.61.